The first-order valence-electron chi connectivity index (χ1n) is 8.28. The van der Waals surface area contributed by atoms with Crippen molar-refractivity contribution < 1.29 is 0 Å². The summed E-state index contributed by atoms with van der Waals surface area (Å²) in [6.45, 7) is 12.0. The average Bonchev–Trinajstić information content (AvgIpc) is 2.79. The van der Waals surface area contributed by atoms with Crippen molar-refractivity contribution in [2.45, 2.75) is 65.5 Å². The van der Waals surface area contributed by atoms with Crippen LogP contribution in [-0.2, 0) is 0 Å². The molecule has 0 amide bonds. The molecule has 1 aliphatic rings. The van der Waals surface area contributed by atoms with Gasteiger partial charge in [0.15, 0.2) is 5.96 Å². The van der Waals surface area contributed by atoms with Gasteiger partial charge in [0.2, 0.25) is 0 Å². The van der Waals surface area contributed by atoms with Crippen LogP contribution in [0.4, 0.5) is 0 Å². The average molecular weight is 282 g/mol. The normalized spacial score (nSPS) is 22.3. The van der Waals surface area contributed by atoms with Crippen molar-refractivity contribution in [3.8, 4) is 0 Å². The Bertz CT molecular complexity index is 288. The van der Waals surface area contributed by atoms with Crippen molar-refractivity contribution in [2.24, 2.45) is 10.9 Å². The van der Waals surface area contributed by atoms with Gasteiger partial charge in [0.1, 0.15) is 0 Å². The van der Waals surface area contributed by atoms with Gasteiger partial charge < -0.3 is 15.5 Å². The molecule has 0 aromatic carbocycles. The highest BCUT2D eigenvalue weighted by Gasteiger charge is 2.20. The van der Waals surface area contributed by atoms with Gasteiger partial charge in [-0.2, -0.15) is 0 Å². The first kappa shape index (κ1) is 17.3. The number of hydrogen-bond donors (Lipinski definition) is 2. The van der Waals surface area contributed by atoms with Crippen molar-refractivity contribution in [3.63, 3.8) is 0 Å². The third kappa shape index (κ3) is 6.60. The molecule has 0 aromatic rings. The van der Waals surface area contributed by atoms with Crippen molar-refractivity contribution in [3.05, 3.63) is 0 Å². The number of likely N-dealkylation sites (tertiary alicyclic amines) is 1. The number of nitrogens with one attached hydrogen (secondary N) is 2. The van der Waals surface area contributed by atoms with E-state index in [0.717, 1.165) is 25.0 Å². The zero-order valence-corrected chi connectivity index (χ0v) is 14.1. The predicted molar refractivity (Wildman–Crippen MR) is 88.3 cm³/mol. The van der Waals surface area contributed by atoms with E-state index < -0.39 is 0 Å². The molecule has 4 nitrogen and oxygen atoms in total. The molecular weight excluding hydrogens is 248 g/mol. The van der Waals surface area contributed by atoms with Gasteiger partial charge in [-0.25, -0.2) is 0 Å². The van der Waals surface area contributed by atoms with Crippen LogP contribution in [0.15, 0.2) is 4.99 Å². The van der Waals surface area contributed by atoms with Gasteiger partial charge in [0.25, 0.3) is 0 Å². The van der Waals surface area contributed by atoms with E-state index in [-0.39, 0.29) is 0 Å². The van der Waals surface area contributed by atoms with Crippen LogP contribution < -0.4 is 10.6 Å². The van der Waals surface area contributed by atoms with Crippen LogP contribution >= 0.6 is 0 Å². The van der Waals surface area contributed by atoms with E-state index in [1.807, 2.05) is 0 Å². The lowest BCUT2D eigenvalue weighted by Gasteiger charge is -2.21. The van der Waals surface area contributed by atoms with Gasteiger partial charge in [-0.05, 0) is 59.0 Å². The van der Waals surface area contributed by atoms with E-state index in [0.29, 0.717) is 12.1 Å². The van der Waals surface area contributed by atoms with E-state index in [9.17, 15) is 0 Å². The summed E-state index contributed by atoms with van der Waals surface area (Å²) < 4.78 is 0. The monoisotopic (exact) mass is 282 g/mol. The molecule has 2 unspecified atom stereocenters. The zero-order valence-electron chi connectivity index (χ0n) is 14.1. The fourth-order valence-corrected chi connectivity index (χ4v) is 2.62. The van der Waals surface area contributed by atoms with Gasteiger partial charge in [-0.3, -0.25) is 4.99 Å². The fourth-order valence-electron chi connectivity index (χ4n) is 2.62. The minimum Gasteiger partial charge on any atom is -0.357 e. The molecule has 2 atom stereocenters. The van der Waals surface area contributed by atoms with E-state index in [1.165, 1.54) is 32.2 Å². The van der Waals surface area contributed by atoms with Crippen LogP contribution in [0.2, 0.25) is 0 Å². The number of hydrogen-bond acceptors (Lipinski definition) is 2. The Kier molecular flexibility index (Phi) is 7.97. The van der Waals surface area contributed by atoms with Crippen molar-refractivity contribution >= 4 is 5.96 Å². The molecule has 0 bridgehead atoms. The molecule has 0 spiro atoms. The summed E-state index contributed by atoms with van der Waals surface area (Å²) >= 11 is 0. The molecule has 20 heavy (non-hydrogen) atoms. The maximum absolute atomic E-state index is 4.77. The van der Waals surface area contributed by atoms with E-state index in [2.05, 4.69) is 50.3 Å². The summed E-state index contributed by atoms with van der Waals surface area (Å²) in [5.41, 5.74) is 0. The number of likely N-dealkylation sites (N-methyl/N-ethyl adjacent to an activating group) is 1. The molecule has 1 saturated heterocycles. The highest BCUT2D eigenvalue weighted by molar-refractivity contribution is 5.80. The second-order valence-electron chi connectivity index (χ2n) is 6.51. The Labute approximate surface area is 125 Å². The van der Waals surface area contributed by atoms with Crippen molar-refractivity contribution in [1.29, 1.82) is 0 Å². The lowest BCUT2D eigenvalue weighted by molar-refractivity contribution is 0.317. The second kappa shape index (κ2) is 9.22. The Morgan fingerprint density at radius 2 is 2.05 bits per heavy atom. The summed E-state index contributed by atoms with van der Waals surface area (Å²) in [7, 11) is 2.21. The molecule has 4 heteroatoms. The summed E-state index contributed by atoms with van der Waals surface area (Å²) in [4.78, 5) is 7.19. The SMILES string of the molecule is CCNC(=NCC1CCCN1C)NC(C)CCC(C)C. The Hall–Kier alpha value is -0.770. The van der Waals surface area contributed by atoms with Gasteiger partial charge >= 0.3 is 0 Å². The Morgan fingerprint density at radius 3 is 2.60 bits per heavy atom. The quantitative estimate of drug-likeness (QED) is 0.556. The number of nitrogens with zero attached hydrogens (tertiary/aromatic N) is 2. The molecular formula is C16H34N4. The highest BCUT2D eigenvalue weighted by atomic mass is 15.2. The Morgan fingerprint density at radius 1 is 1.30 bits per heavy atom. The second-order valence-corrected chi connectivity index (χ2v) is 6.51. The van der Waals surface area contributed by atoms with E-state index in [1.54, 1.807) is 0 Å². The molecule has 0 aromatic heterocycles. The van der Waals surface area contributed by atoms with Crippen LogP contribution in [0.25, 0.3) is 0 Å². The van der Waals surface area contributed by atoms with Gasteiger partial charge in [0.05, 0.1) is 6.54 Å². The van der Waals surface area contributed by atoms with Crippen LogP contribution in [0, 0.1) is 5.92 Å². The number of rotatable bonds is 7. The minimum absolute atomic E-state index is 0.483. The third-order valence-corrected chi connectivity index (χ3v) is 4.04. The lowest BCUT2D eigenvalue weighted by atomic mass is 10.0. The van der Waals surface area contributed by atoms with Gasteiger partial charge in [-0.1, -0.05) is 13.8 Å². The maximum atomic E-state index is 4.77. The molecule has 0 radical (unpaired) electrons. The molecule has 118 valence electrons. The molecule has 1 aliphatic heterocycles. The summed E-state index contributed by atoms with van der Waals surface area (Å²) in [5, 5.41) is 6.89. The summed E-state index contributed by atoms with van der Waals surface area (Å²) in [6.07, 6.45) is 5.05. The smallest absolute Gasteiger partial charge is 0.191 e. The van der Waals surface area contributed by atoms with E-state index >= 15 is 0 Å². The first-order chi connectivity index (χ1) is 9.52. The van der Waals surface area contributed by atoms with Crippen molar-refractivity contribution in [1.82, 2.24) is 15.5 Å². The first-order valence-corrected chi connectivity index (χ1v) is 8.28. The van der Waals surface area contributed by atoms with Crippen LogP contribution in [0.5, 0.6) is 0 Å². The molecule has 1 heterocycles. The van der Waals surface area contributed by atoms with Gasteiger partial charge in [-0.15, -0.1) is 0 Å². The molecule has 0 saturated carbocycles. The number of guanidine groups is 1. The zero-order chi connectivity index (χ0) is 15.0. The predicted octanol–water partition coefficient (Wildman–Crippen LogP) is 2.46. The molecule has 1 fully saturated rings. The van der Waals surface area contributed by atoms with Gasteiger partial charge in [0, 0.05) is 18.6 Å². The minimum atomic E-state index is 0.483. The molecule has 0 aliphatic carbocycles. The summed E-state index contributed by atoms with van der Waals surface area (Å²) in [6, 6.07) is 1.10. The van der Waals surface area contributed by atoms with Crippen molar-refractivity contribution in [2.75, 3.05) is 26.7 Å². The molecule has 2 N–H and O–H groups in total. The highest BCUT2D eigenvalue weighted by Crippen LogP contribution is 2.14. The largest absolute Gasteiger partial charge is 0.357 e. The van der Waals surface area contributed by atoms with Crippen LogP contribution in [-0.4, -0.2) is 49.6 Å². The maximum Gasteiger partial charge on any atom is 0.191 e. The number of aliphatic imine (C=N–C) groups is 1. The van der Waals surface area contributed by atoms with Crippen LogP contribution in [0.3, 0.4) is 0 Å². The lowest BCUT2D eigenvalue weighted by Crippen LogP contribution is -2.43. The standard InChI is InChI=1S/C16H34N4/c1-6-17-16(19-14(4)10-9-13(2)3)18-12-15-8-7-11-20(15)5/h13-15H,6-12H2,1-5H3,(H2,17,18,19). The fraction of sp³-hybridized carbons (Fsp3) is 0.938. The van der Waals surface area contributed by atoms with E-state index in [4.69, 9.17) is 4.99 Å². The Balaban J connectivity index is 2.41. The van der Waals surface area contributed by atoms with Crippen LogP contribution in [0.1, 0.15) is 53.4 Å². The molecule has 1 rings (SSSR count). The topological polar surface area (TPSA) is 39.7 Å². The third-order valence-electron chi connectivity index (χ3n) is 4.04. The summed E-state index contributed by atoms with van der Waals surface area (Å²) in [5.74, 6) is 1.75.